The van der Waals surface area contributed by atoms with Crippen LogP contribution in [0.25, 0.3) is 0 Å². The molecule has 1 aliphatic rings. The number of benzene rings is 3. The Balaban J connectivity index is 1.31. The monoisotopic (exact) mass is 455 g/mol. The summed E-state index contributed by atoms with van der Waals surface area (Å²) in [6.45, 7) is 2.95. The first kappa shape index (κ1) is 23.4. The number of nitrogens with zero attached hydrogens (tertiary/aromatic N) is 1. The van der Waals surface area contributed by atoms with E-state index in [1.165, 1.54) is 5.56 Å². The summed E-state index contributed by atoms with van der Waals surface area (Å²) in [5.74, 6) is -0.565. The minimum atomic E-state index is -0.664. The van der Waals surface area contributed by atoms with Crippen molar-refractivity contribution in [2.24, 2.45) is 5.92 Å². The molecule has 0 radical (unpaired) electrons. The van der Waals surface area contributed by atoms with Gasteiger partial charge in [0.05, 0.1) is 5.56 Å². The maximum Gasteiger partial charge on any atom is 0.339 e. The zero-order valence-corrected chi connectivity index (χ0v) is 19.4. The van der Waals surface area contributed by atoms with E-state index in [-0.39, 0.29) is 29.4 Å². The summed E-state index contributed by atoms with van der Waals surface area (Å²) in [6, 6.07) is 24.1. The van der Waals surface area contributed by atoms with E-state index in [9.17, 15) is 14.4 Å². The van der Waals surface area contributed by atoms with Gasteiger partial charge in [-0.1, -0.05) is 78.4 Å². The maximum atomic E-state index is 12.9. The maximum absolute atomic E-state index is 12.9. The normalized spacial score (nSPS) is 14.0. The first-order valence-corrected chi connectivity index (χ1v) is 11.7. The Kier molecular flexibility index (Phi) is 7.53. The van der Waals surface area contributed by atoms with Crippen molar-refractivity contribution in [3.05, 3.63) is 107 Å². The molecule has 1 heterocycles. The summed E-state index contributed by atoms with van der Waals surface area (Å²) in [7, 11) is 0. The van der Waals surface area contributed by atoms with Crippen molar-refractivity contribution in [3.8, 4) is 0 Å². The van der Waals surface area contributed by atoms with Crippen molar-refractivity contribution in [2.45, 2.75) is 26.2 Å². The zero-order chi connectivity index (χ0) is 23.9. The van der Waals surface area contributed by atoms with Gasteiger partial charge in [-0.25, -0.2) is 4.79 Å². The number of carbonyl (C=O) groups excluding carboxylic acids is 3. The number of amides is 1. The van der Waals surface area contributed by atoms with E-state index in [4.69, 9.17) is 4.74 Å². The average molecular weight is 456 g/mol. The van der Waals surface area contributed by atoms with Gasteiger partial charge in [0.15, 0.2) is 12.4 Å². The van der Waals surface area contributed by atoms with Crippen LogP contribution in [-0.4, -0.2) is 42.3 Å². The molecule has 1 fully saturated rings. The van der Waals surface area contributed by atoms with Crippen LogP contribution in [0, 0.1) is 12.8 Å². The van der Waals surface area contributed by atoms with Gasteiger partial charge in [-0.15, -0.1) is 0 Å². The predicted molar refractivity (Wildman–Crippen MR) is 131 cm³/mol. The third-order valence-corrected chi connectivity index (χ3v) is 6.37. The van der Waals surface area contributed by atoms with Gasteiger partial charge in [0.25, 0.3) is 5.91 Å². The Bertz CT molecular complexity index is 1150. The minimum Gasteiger partial charge on any atom is -0.452 e. The summed E-state index contributed by atoms with van der Waals surface area (Å²) < 4.78 is 5.33. The van der Waals surface area contributed by atoms with Gasteiger partial charge in [0.1, 0.15) is 0 Å². The summed E-state index contributed by atoms with van der Waals surface area (Å²) in [4.78, 5) is 40.1. The highest BCUT2D eigenvalue weighted by atomic mass is 16.5. The van der Waals surface area contributed by atoms with Crippen molar-refractivity contribution in [3.63, 3.8) is 0 Å². The Hall–Kier alpha value is -3.73. The average Bonchev–Trinajstić information content (AvgIpc) is 2.88. The Morgan fingerprint density at radius 3 is 2.12 bits per heavy atom. The standard InChI is InChI=1S/C29H29NO4/c1-21-11-13-24(14-12-21)28(32)25-9-5-6-10-26(25)29(33)34-20-27(31)30-17-15-23(16-18-30)19-22-7-3-2-4-8-22/h2-14,23H,15-20H2,1H3. The number of ketones is 1. The topological polar surface area (TPSA) is 63.7 Å². The molecule has 1 aliphatic heterocycles. The molecule has 0 bridgehead atoms. The lowest BCUT2D eigenvalue weighted by atomic mass is 9.90. The summed E-state index contributed by atoms with van der Waals surface area (Å²) >= 11 is 0. The van der Waals surface area contributed by atoms with Crippen LogP contribution in [0.5, 0.6) is 0 Å². The number of carbonyl (C=O) groups is 3. The van der Waals surface area contributed by atoms with E-state index in [1.54, 1.807) is 41.3 Å². The second kappa shape index (κ2) is 10.9. The van der Waals surface area contributed by atoms with Crippen molar-refractivity contribution in [1.82, 2.24) is 4.90 Å². The fraction of sp³-hybridized carbons (Fsp3) is 0.276. The molecular weight excluding hydrogens is 426 g/mol. The second-order valence-electron chi connectivity index (χ2n) is 8.83. The quantitative estimate of drug-likeness (QED) is 0.377. The first-order valence-electron chi connectivity index (χ1n) is 11.7. The molecule has 0 atom stereocenters. The molecule has 0 spiro atoms. The van der Waals surface area contributed by atoms with Crippen LogP contribution in [0.1, 0.15) is 50.2 Å². The zero-order valence-electron chi connectivity index (χ0n) is 19.4. The predicted octanol–water partition coefficient (Wildman–Crippen LogP) is 4.86. The van der Waals surface area contributed by atoms with E-state index in [0.29, 0.717) is 24.6 Å². The highest BCUT2D eigenvalue weighted by Crippen LogP contribution is 2.22. The Morgan fingerprint density at radius 1 is 0.824 bits per heavy atom. The minimum absolute atomic E-state index is 0.169. The summed E-state index contributed by atoms with van der Waals surface area (Å²) in [5, 5.41) is 0. The fourth-order valence-electron chi connectivity index (χ4n) is 4.35. The van der Waals surface area contributed by atoms with Crippen LogP contribution in [-0.2, 0) is 16.0 Å². The number of rotatable bonds is 7. The lowest BCUT2D eigenvalue weighted by molar-refractivity contribution is -0.135. The second-order valence-corrected chi connectivity index (χ2v) is 8.83. The molecule has 34 heavy (non-hydrogen) atoms. The Labute approximate surface area is 200 Å². The molecular formula is C29H29NO4. The van der Waals surface area contributed by atoms with Gasteiger partial charge in [-0.2, -0.15) is 0 Å². The molecule has 1 amide bonds. The van der Waals surface area contributed by atoms with Crippen LogP contribution in [0.15, 0.2) is 78.9 Å². The molecule has 3 aromatic rings. The smallest absolute Gasteiger partial charge is 0.339 e. The van der Waals surface area contributed by atoms with E-state index in [2.05, 4.69) is 24.3 Å². The lowest BCUT2D eigenvalue weighted by Gasteiger charge is -2.32. The largest absolute Gasteiger partial charge is 0.452 e. The van der Waals surface area contributed by atoms with Crippen molar-refractivity contribution in [1.29, 1.82) is 0 Å². The highest BCUT2D eigenvalue weighted by Gasteiger charge is 2.25. The molecule has 1 saturated heterocycles. The molecule has 0 aromatic heterocycles. The molecule has 0 saturated carbocycles. The number of aryl methyl sites for hydroxylation is 1. The number of piperidine rings is 1. The third-order valence-electron chi connectivity index (χ3n) is 6.37. The molecule has 4 rings (SSSR count). The molecule has 5 nitrogen and oxygen atoms in total. The van der Waals surface area contributed by atoms with E-state index in [1.807, 2.05) is 25.1 Å². The summed E-state index contributed by atoms with van der Waals surface area (Å²) in [6.07, 6.45) is 2.88. The van der Waals surface area contributed by atoms with E-state index in [0.717, 1.165) is 24.8 Å². The van der Waals surface area contributed by atoms with Gasteiger partial charge in [-0.05, 0) is 43.7 Å². The van der Waals surface area contributed by atoms with Crippen LogP contribution in [0.4, 0.5) is 0 Å². The van der Waals surface area contributed by atoms with Gasteiger partial charge in [0, 0.05) is 24.2 Å². The van der Waals surface area contributed by atoms with Crippen LogP contribution in [0.2, 0.25) is 0 Å². The summed E-state index contributed by atoms with van der Waals surface area (Å²) in [5.41, 5.74) is 3.31. The van der Waals surface area contributed by atoms with Gasteiger partial charge >= 0.3 is 5.97 Å². The molecule has 0 N–H and O–H groups in total. The fourth-order valence-corrected chi connectivity index (χ4v) is 4.35. The van der Waals surface area contributed by atoms with Crippen LogP contribution >= 0.6 is 0 Å². The molecule has 0 aliphatic carbocycles. The number of ether oxygens (including phenoxy) is 1. The van der Waals surface area contributed by atoms with Crippen molar-refractivity contribution < 1.29 is 19.1 Å². The van der Waals surface area contributed by atoms with Gasteiger partial charge in [0.2, 0.25) is 0 Å². The number of esters is 1. The van der Waals surface area contributed by atoms with Crippen molar-refractivity contribution >= 4 is 17.7 Å². The molecule has 0 unspecified atom stereocenters. The molecule has 3 aromatic carbocycles. The highest BCUT2D eigenvalue weighted by molar-refractivity contribution is 6.14. The third kappa shape index (κ3) is 5.79. The number of hydrogen-bond acceptors (Lipinski definition) is 4. The SMILES string of the molecule is Cc1ccc(C(=O)c2ccccc2C(=O)OCC(=O)N2CCC(Cc3ccccc3)CC2)cc1. The first-order chi connectivity index (χ1) is 16.5. The molecule has 5 heteroatoms. The van der Waals surface area contributed by atoms with Gasteiger partial charge < -0.3 is 9.64 Å². The van der Waals surface area contributed by atoms with Crippen LogP contribution in [0.3, 0.4) is 0 Å². The number of likely N-dealkylation sites (tertiary alicyclic amines) is 1. The van der Waals surface area contributed by atoms with Gasteiger partial charge in [-0.3, -0.25) is 9.59 Å². The van der Waals surface area contributed by atoms with Crippen molar-refractivity contribution in [2.75, 3.05) is 19.7 Å². The molecule has 174 valence electrons. The Morgan fingerprint density at radius 2 is 1.44 bits per heavy atom. The lowest BCUT2D eigenvalue weighted by Crippen LogP contribution is -2.41. The van der Waals surface area contributed by atoms with E-state index < -0.39 is 5.97 Å². The van der Waals surface area contributed by atoms with E-state index >= 15 is 0 Å². The van der Waals surface area contributed by atoms with Crippen LogP contribution < -0.4 is 0 Å². The number of hydrogen-bond donors (Lipinski definition) is 0.